The molecule has 4 nitrogen and oxygen atoms in total. The van der Waals surface area contributed by atoms with Crippen LogP contribution in [0.3, 0.4) is 0 Å². The van der Waals surface area contributed by atoms with Crippen LogP contribution in [0.2, 0.25) is 0 Å². The number of nitrogens with one attached hydrogen (secondary N) is 1. The van der Waals surface area contributed by atoms with E-state index in [0.717, 1.165) is 31.1 Å². The highest BCUT2D eigenvalue weighted by Crippen LogP contribution is 2.43. The molecular formula is C17H28N2O2. The summed E-state index contributed by atoms with van der Waals surface area (Å²) in [4.78, 5) is 26.7. The van der Waals surface area contributed by atoms with E-state index in [4.69, 9.17) is 0 Å². The van der Waals surface area contributed by atoms with Gasteiger partial charge >= 0.3 is 0 Å². The van der Waals surface area contributed by atoms with E-state index in [1.165, 1.54) is 32.1 Å². The fourth-order valence-electron chi connectivity index (χ4n) is 4.72. The van der Waals surface area contributed by atoms with Gasteiger partial charge in [-0.1, -0.05) is 32.6 Å². The Bertz CT molecular complexity index is 410. The van der Waals surface area contributed by atoms with Crippen LogP contribution in [-0.2, 0) is 9.59 Å². The van der Waals surface area contributed by atoms with Gasteiger partial charge < -0.3 is 10.2 Å². The van der Waals surface area contributed by atoms with Crippen LogP contribution in [0, 0.1) is 17.8 Å². The van der Waals surface area contributed by atoms with E-state index in [1.54, 1.807) is 0 Å². The summed E-state index contributed by atoms with van der Waals surface area (Å²) in [7, 11) is 0. The van der Waals surface area contributed by atoms with E-state index in [-0.39, 0.29) is 23.8 Å². The molecule has 4 atom stereocenters. The zero-order valence-corrected chi connectivity index (χ0v) is 13.1. The van der Waals surface area contributed by atoms with Gasteiger partial charge in [-0.3, -0.25) is 9.59 Å². The molecule has 21 heavy (non-hydrogen) atoms. The minimum atomic E-state index is -0.240. The summed E-state index contributed by atoms with van der Waals surface area (Å²) in [6, 6.07) is -0.240. The highest BCUT2D eigenvalue weighted by molar-refractivity contribution is 5.89. The van der Waals surface area contributed by atoms with E-state index in [2.05, 4.69) is 5.32 Å². The van der Waals surface area contributed by atoms with Gasteiger partial charge in [-0.2, -0.15) is 0 Å². The summed E-state index contributed by atoms with van der Waals surface area (Å²) in [5.74, 6) is 2.09. The van der Waals surface area contributed by atoms with Crippen LogP contribution in [0.4, 0.5) is 0 Å². The Labute approximate surface area is 127 Å². The van der Waals surface area contributed by atoms with Gasteiger partial charge in [0.2, 0.25) is 11.8 Å². The van der Waals surface area contributed by atoms with Crippen molar-refractivity contribution in [2.75, 3.05) is 13.1 Å². The molecule has 2 saturated carbocycles. The second-order valence-electron chi connectivity index (χ2n) is 7.06. The molecule has 118 valence electrons. The lowest BCUT2D eigenvalue weighted by molar-refractivity contribution is -0.148. The topological polar surface area (TPSA) is 49.4 Å². The quantitative estimate of drug-likeness (QED) is 0.849. The third-order valence-electron chi connectivity index (χ3n) is 5.89. The van der Waals surface area contributed by atoms with E-state index >= 15 is 0 Å². The zero-order chi connectivity index (χ0) is 14.8. The number of hydrogen-bond donors (Lipinski definition) is 1. The van der Waals surface area contributed by atoms with Crippen molar-refractivity contribution in [3.05, 3.63) is 0 Å². The molecule has 0 radical (unpaired) electrons. The molecule has 0 aromatic carbocycles. The van der Waals surface area contributed by atoms with Gasteiger partial charge in [0.1, 0.15) is 6.04 Å². The molecule has 0 aromatic heterocycles. The Morgan fingerprint density at radius 3 is 2.71 bits per heavy atom. The maximum atomic E-state index is 12.9. The van der Waals surface area contributed by atoms with Gasteiger partial charge in [-0.05, 0) is 37.5 Å². The Hall–Kier alpha value is -1.06. The standard InChI is InChI=1S/C17H28N2O2/c1-2-15-16(20)18-9-10-19(15)17(21)14-8-7-12-5-3-4-6-13(12)11-14/h12-15H,2-11H2,1H3,(H,18,20). The van der Waals surface area contributed by atoms with Crippen LogP contribution in [0.25, 0.3) is 0 Å². The smallest absolute Gasteiger partial charge is 0.242 e. The van der Waals surface area contributed by atoms with Gasteiger partial charge in [0.05, 0.1) is 0 Å². The van der Waals surface area contributed by atoms with Crippen LogP contribution in [0.5, 0.6) is 0 Å². The first-order chi connectivity index (χ1) is 10.2. The third-order valence-corrected chi connectivity index (χ3v) is 5.89. The fraction of sp³-hybridized carbons (Fsp3) is 0.882. The average molecular weight is 292 g/mol. The van der Waals surface area contributed by atoms with Crippen molar-refractivity contribution in [3.63, 3.8) is 0 Å². The van der Waals surface area contributed by atoms with Gasteiger partial charge in [0.15, 0.2) is 0 Å². The van der Waals surface area contributed by atoms with Crippen molar-refractivity contribution in [1.29, 1.82) is 0 Å². The lowest BCUT2D eigenvalue weighted by Gasteiger charge is -2.42. The second-order valence-corrected chi connectivity index (χ2v) is 7.06. The van der Waals surface area contributed by atoms with Crippen molar-refractivity contribution < 1.29 is 9.59 Å². The van der Waals surface area contributed by atoms with Crippen molar-refractivity contribution >= 4 is 11.8 Å². The molecule has 3 rings (SSSR count). The van der Waals surface area contributed by atoms with Gasteiger partial charge in [-0.25, -0.2) is 0 Å². The number of rotatable bonds is 2. The lowest BCUT2D eigenvalue weighted by Crippen LogP contribution is -2.58. The van der Waals surface area contributed by atoms with E-state index < -0.39 is 0 Å². The number of fused-ring (bicyclic) bond motifs is 1. The van der Waals surface area contributed by atoms with Crippen molar-refractivity contribution in [1.82, 2.24) is 10.2 Å². The van der Waals surface area contributed by atoms with Gasteiger partial charge in [-0.15, -0.1) is 0 Å². The fourth-order valence-corrected chi connectivity index (χ4v) is 4.72. The number of hydrogen-bond acceptors (Lipinski definition) is 2. The molecule has 3 fully saturated rings. The molecule has 4 unspecified atom stereocenters. The van der Waals surface area contributed by atoms with Gasteiger partial charge in [0.25, 0.3) is 0 Å². The predicted molar refractivity (Wildman–Crippen MR) is 81.6 cm³/mol. The average Bonchev–Trinajstić information content (AvgIpc) is 2.53. The van der Waals surface area contributed by atoms with E-state index in [9.17, 15) is 9.59 Å². The zero-order valence-electron chi connectivity index (χ0n) is 13.1. The van der Waals surface area contributed by atoms with Crippen LogP contribution in [0.15, 0.2) is 0 Å². The maximum Gasteiger partial charge on any atom is 0.242 e. The number of amides is 2. The Kier molecular flexibility index (Phi) is 4.51. The third kappa shape index (κ3) is 2.95. The van der Waals surface area contributed by atoms with Crippen LogP contribution >= 0.6 is 0 Å². The summed E-state index contributed by atoms with van der Waals surface area (Å²) >= 11 is 0. The highest BCUT2D eigenvalue weighted by atomic mass is 16.2. The minimum absolute atomic E-state index is 0.0310. The first kappa shape index (κ1) is 14.9. The molecular weight excluding hydrogens is 264 g/mol. The van der Waals surface area contributed by atoms with Crippen LogP contribution in [0.1, 0.15) is 58.3 Å². The molecule has 2 amide bonds. The second kappa shape index (κ2) is 6.37. The monoisotopic (exact) mass is 292 g/mol. The van der Waals surface area contributed by atoms with E-state index in [0.29, 0.717) is 13.1 Å². The largest absolute Gasteiger partial charge is 0.353 e. The molecule has 1 heterocycles. The molecule has 1 N–H and O–H groups in total. The summed E-state index contributed by atoms with van der Waals surface area (Å²) in [6.07, 6.45) is 9.44. The highest BCUT2D eigenvalue weighted by Gasteiger charge is 2.39. The predicted octanol–water partition coefficient (Wildman–Crippen LogP) is 2.33. The number of carbonyl (C=O) groups excluding carboxylic acids is 2. The Morgan fingerprint density at radius 1 is 1.19 bits per heavy atom. The molecule has 1 aliphatic heterocycles. The van der Waals surface area contributed by atoms with Crippen LogP contribution in [-0.4, -0.2) is 35.8 Å². The molecule has 4 heteroatoms. The van der Waals surface area contributed by atoms with Gasteiger partial charge in [0, 0.05) is 19.0 Å². The normalized spacial score (nSPS) is 36.8. The summed E-state index contributed by atoms with van der Waals surface area (Å²) < 4.78 is 0. The molecule has 1 saturated heterocycles. The minimum Gasteiger partial charge on any atom is -0.353 e. The first-order valence-corrected chi connectivity index (χ1v) is 8.79. The molecule has 3 aliphatic rings. The summed E-state index contributed by atoms with van der Waals surface area (Å²) in [5, 5.41) is 2.88. The molecule has 0 spiro atoms. The number of nitrogens with zero attached hydrogens (tertiary/aromatic N) is 1. The summed E-state index contributed by atoms with van der Waals surface area (Å²) in [6.45, 7) is 3.29. The van der Waals surface area contributed by atoms with Crippen molar-refractivity contribution in [2.24, 2.45) is 17.8 Å². The molecule has 2 aliphatic carbocycles. The Morgan fingerprint density at radius 2 is 1.95 bits per heavy atom. The van der Waals surface area contributed by atoms with E-state index in [1.807, 2.05) is 11.8 Å². The number of piperazine rings is 1. The van der Waals surface area contributed by atoms with Crippen molar-refractivity contribution in [3.8, 4) is 0 Å². The van der Waals surface area contributed by atoms with Crippen molar-refractivity contribution in [2.45, 2.75) is 64.3 Å². The lowest BCUT2D eigenvalue weighted by atomic mass is 9.67. The van der Waals surface area contributed by atoms with Crippen LogP contribution < -0.4 is 5.32 Å². The molecule has 0 aromatic rings. The number of carbonyl (C=O) groups is 2. The Balaban J connectivity index is 1.65. The first-order valence-electron chi connectivity index (χ1n) is 8.79. The molecule has 0 bridgehead atoms. The SMILES string of the molecule is CCC1C(=O)NCCN1C(=O)C1CCC2CCCCC2C1. The maximum absolute atomic E-state index is 12.9. The summed E-state index contributed by atoms with van der Waals surface area (Å²) in [5.41, 5.74) is 0.